The lowest BCUT2D eigenvalue weighted by Crippen LogP contribution is -2.42. The second kappa shape index (κ2) is 6.49. The molecular formula is C11H22N2O3S. The van der Waals surface area contributed by atoms with E-state index in [4.69, 9.17) is 4.74 Å². The van der Waals surface area contributed by atoms with Crippen molar-refractivity contribution in [3.8, 4) is 0 Å². The SMILES string of the molecule is C/C(=C/CN(C)C)CS(=O)(=O)N1CCOCC1. The van der Waals surface area contributed by atoms with Crippen molar-refractivity contribution in [3.05, 3.63) is 11.6 Å². The van der Waals surface area contributed by atoms with E-state index >= 15 is 0 Å². The number of likely N-dealkylation sites (N-methyl/N-ethyl adjacent to an activating group) is 1. The highest BCUT2D eigenvalue weighted by molar-refractivity contribution is 7.89. The maximum absolute atomic E-state index is 12.1. The normalized spacial score (nSPS) is 19.9. The number of ether oxygens (including phenoxy) is 1. The van der Waals surface area contributed by atoms with Crippen LogP contribution in [0.15, 0.2) is 11.6 Å². The molecule has 0 saturated carbocycles. The molecule has 0 aliphatic carbocycles. The Bertz CT molecular complexity index is 357. The van der Waals surface area contributed by atoms with Gasteiger partial charge in [-0.3, -0.25) is 0 Å². The van der Waals surface area contributed by atoms with Crippen molar-refractivity contribution < 1.29 is 13.2 Å². The van der Waals surface area contributed by atoms with E-state index < -0.39 is 10.0 Å². The standard InChI is InChI=1S/C11H22N2O3S/c1-11(4-5-12(2)3)10-17(14,15)13-6-8-16-9-7-13/h4H,5-10H2,1-3H3/b11-4-. The summed E-state index contributed by atoms with van der Waals surface area (Å²) in [5.41, 5.74) is 0.894. The van der Waals surface area contributed by atoms with Crippen LogP contribution >= 0.6 is 0 Å². The Balaban J connectivity index is 2.56. The van der Waals surface area contributed by atoms with Crippen LogP contribution in [-0.2, 0) is 14.8 Å². The summed E-state index contributed by atoms with van der Waals surface area (Å²) in [6.07, 6.45) is 1.96. The van der Waals surface area contributed by atoms with Crippen LogP contribution < -0.4 is 0 Å². The molecule has 1 aliphatic heterocycles. The maximum atomic E-state index is 12.1. The quantitative estimate of drug-likeness (QED) is 0.662. The molecule has 1 fully saturated rings. The van der Waals surface area contributed by atoms with E-state index in [9.17, 15) is 8.42 Å². The van der Waals surface area contributed by atoms with E-state index in [-0.39, 0.29) is 5.75 Å². The zero-order valence-electron chi connectivity index (χ0n) is 10.8. The third kappa shape index (κ3) is 5.16. The Morgan fingerprint density at radius 1 is 1.35 bits per heavy atom. The summed E-state index contributed by atoms with van der Waals surface area (Å²) in [6, 6.07) is 0. The molecule has 0 bridgehead atoms. The molecule has 100 valence electrons. The summed E-state index contributed by atoms with van der Waals surface area (Å²) in [4.78, 5) is 2.00. The van der Waals surface area contributed by atoms with Crippen LogP contribution in [-0.4, -0.2) is 70.3 Å². The number of sulfonamides is 1. The smallest absolute Gasteiger partial charge is 0.218 e. The van der Waals surface area contributed by atoms with Crippen LogP contribution in [0.3, 0.4) is 0 Å². The minimum absolute atomic E-state index is 0.112. The second-order valence-electron chi connectivity index (χ2n) is 4.58. The average molecular weight is 262 g/mol. The van der Waals surface area contributed by atoms with Gasteiger partial charge in [-0.05, 0) is 21.0 Å². The lowest BCUT2D eigenvalue weighted by molar-refractivity contribution is 0.0731. The molecule has 0 N–H and O–H groups in total. The largest absolute Gasteiger partial charge is 0.379 e. The van der Waals surface area contributed by atoms with Crippen molar-refractivity contribution >= 4 is 10.0 Å². The van der Waals surface area contributed by atoms with Crippen LogP contribution in [0.1, 0.15) is 6.92 Å². The van der Waals surface area contributed by atoms with Gasteiger partial charge in [0.15, 0.2) is 0 Å². The molecule has 1 rings (SSSR count). The molecule has 0 aromatic heterocycles. The van der Waals surface area contributed by atoms with Crippen molar-refractivity contribution in [3.63, 3.8) is 0 Å². The fraction of sp³-hybridized carbons (Fsp3) is 0.818. The zero-order valence-corrected chi connectivity index (χ0v) is 11.7. The van der Waals surface area contributed by atoms with Gasteiger partial charge in [-0.1, -0.05) is 11.6 Å². The Morgan fingerprint density at radius 3 is 2.47 bits per heavy atom. The monoisotopic (exact) mass is 262 g/mol. The first-order chi connectivity index (χ1) is 7.92. The predicted octanol–water partition coefficient (Wildman–Crippen LogP) is 0.156. The van der Waals surface area contributed by atoms with E-state index in [2.05, 4.69) is 0 Å². The van der Waals surface area contributed by atoms with Crippen LogP contribution in [0.25, 0.3) is 0 Å². The van der Waals surface area contributed by atoms with Gasteiger partial charge in [0.25, 0.3) is 0 Å². The molecule has 1 heterocycles. The zero-order chi connectivity index (χ0) is 12.9. The van der Waals surface area contributed by atoms with Crippen LogP contribution in [0.5, 0.6) is 0 Å². The lowest BCUT2D eigenvalue weighted by atomic mass is 10.3. The van der Waals surface area contributed by atoms with Crippen LogP contribution in [0, 0.1) is 0 Å². The van der Waals surface area contributed by atoms with Gasteiger partial charge in [0, 0.05) is 19.6 Å². The highest BCUT2D eigenvalue weighted by Gasteiger charge is 2.24. The van der Waals surface area contributed by atoms with Gasteiger partial charge in [-0.2, -0.15) is 4.31 Å². The lowest BCUT2D eigenvalue weighted by Gasteiger charge is -2.26. The van der Waals surface area contributed by atoms with E-state index in [1.807, 2.05) is 32.0 Å². The van der Waals surface area contributed by atoms with Gasteiger partial charge in [0.1, 0.15) is 0 Å². The molecule has 0 unspecified atom stereocenters. The van der Waals surface area contributed by atoms with E-state index in [1.165, 1.54) is 4.31 Å². The second-order valence-corrected chi connectivity index (χ2v) is 6.55. The van der Waals surface area contributed by atoms with Gasteiger partial charge < -0.3 is 9.64 Å². The number of rotatable bonds is 5. The van der Waals surface area contributed by atoms with Crippen molar-refractivity contribution in [2.75, 3.05) is 52.7 Å². The molecule has 0 radical (unpaired) electrons. The van der Waals surface area contributed by atoms with Gasteiger partial charge in [0.05, 0.1) is 19.0 Å². The van der Waals surface area contributed by atoms with Crippen LogP contribution in [0.4, 0.5) is 0 Å². The Morgan fingerprint density at radius 2 is 1.94 bits per heavy atom. The first-order valence-corrected chi connectivity index (χ1v) is 7.38. The molecule has 0 spiro atoms. The number of morpholine rings is 1. The van der Waals surface area contributed by atoms with Gasteiger partial charge in [0.2, 0.25) is 10.0 Å². The molecule has 0 aromatic carbocycles. The predicted molar refractivity (Wildman–Crippen MR) is 68.5 cm³/mol. The van der Waals surface area contributed by atoms with E-state index in [0.717, 1.165) is 12.1 Å². The average Bonchev–Trinajstić information content (AvgIpc) is 2.27. The van der Waals surface area contributed by atoms with Crippen molar-refractivity contribution in [1.29, 1.82) is 0 Å². The molecule has 1 saturated heterocycles. The van der Waals surface area contributed by atoms with Crippen molar-refractivity contribution in [1.82, 2.24) is 9.21 Å². The topological polar surface area (TPSA) is 49.9 Å². The first-order valence-electron chi connectivity index (χ1n) is 5.78. The molecular weight excluding hydrogens is 240 g/mol. The fourth-order valence-corrected chi connectivity index (χ4v) is 3.18. The number of hydrogen-bond acceptors (Lipinski definition) is 4. The summed E-state index contributed by atoms with van der Waals surface area (Å²) >= 11 is 0. The number of hydrogen-bond donors (Lipinski definition) is 0. The molecule has 6 heteroatoms. The minimum atomic E-state index is -3.16. The van der Waals surface area contributed by atoms with Crippen LogP contribution in [0.2, 0.25) is 0 Å². The summed E-state index contributed by atoms with van der Waals surface area (Å²) in [6.45, 7) is 4.58. The molecule has 0 atom stereocenters. The van der Waals surface area contributed by atoms with E-state index in [1.54, 1.807) is 0 Å². The van der Waals surface area contributed by atoms with Crippen molar-refractivity contribution in [2.45, 2.75) is 6.92 Å². The first kappa shape index (κ1) is 14.6. The molecule has 0 aromatic rings. The van der Waals surface area contributed by atoms with Gasteiger partial charge in [-0.15, -0.1) is 0 Å². The minimum Gasteiger partial charge on any atom is -0.379 e. The maximum Gasteiger partial charge on any atom is 0.218 e. The summed E-state index contributed by atoms with van der Waals surface area (Å²) in [5, 5.41) is 0. The summed E-state index contributed by atoms with van der Waals surface area (Å²) in [7, 11) is 0.753. The summed E-state index contributed by atoms with van der Waals surface area (Å²) < 4.78 is 30.8. The molecule has 1 aliphatic rings. The molecule has 17 heavy (non-hydrogen) atoms. The Kier molecular flexibility index (Phi) is 5.58. The Hall–Kier alpha value is -0.430. The highest BCUT2D eigenvalue weighted by atomic mass is 32.2. The molecule has 5 nitrogen and oxygen atoms in total. The fourth-order valence-electron chi connectivity index (χ4n) is 1.60. The third-order valence-corrected chi connectivity index (χ3v) is 4.55. The Labute approximate surface area is 104 Å². The van der Waals surface area contributed by atoms with E-state index in [0.29, 0.717) is 26.3 Å². The molecule has 0 amide bonds. The van der Waals surface area contributed by atoms with Gasteiger partial charge in [-0.25, -0.2) is 8.42 Å². The highest BCUT2D eigenvalue weighted by Crippen LogP contribution is 2.09. The van der Waals surface area contributed by atoms with Crippen molar-refractivity contribution in [2.24, 2.45) is 0 Å². The third-order valence-electron chi connectivity index (χ3n) is 2.58. The number of nitrogens with zero attached hydrogens (tertiary/aromatic N) is 2. The van der Waals surface area contributed by atoms with Gasteiger partial charge >= 0.3 is 0 Å². The summed E-state index contributed by atoms with van der Waals surface area (Å²) in [5.74, 6) is 0.112.